The van der Waals surface area contributed by atoms with Crippen molar-refractivity contribution in [1.82, 2.24) is 0 Å². The van der Waals surface area contributed by atoms with Gasteiger partial charge in [0.1, 0.15) is 11.6 Å². The Balaban J connectivity index is 2.23. The van der Waals surface area contributed by atoms with E-state index >= 15 is 0 Å². The molecule has 0 fully saturated rings. The number of hydrogen-bond acceptors (Lipinski definition) is 1. The van der Waals surface area contributed by atoms with Gasteiger partial charge in [0.25, 0.3) is 0 Å². The lowest BCUT2D eigenvalue weighted by Gasteiger charge is -2.04. The number of phenolic OH excluding ortho intramolecular Hbond substituents is 1. The second kappa shape index (κ2) is 7.26. The van der Waals surface area contributed by atoms with Crippen molar-refractivity contribution in [2.24, 2.45) is 0 Å². The quantitative estimate of drug-likeness (QED) is 0.679. The van der Waals surface area contributed by atoms with Gasteiger partial charge in [0, 0.05) is 0 Å². The van der Waals surface area contributed by atoms with Crippen LogP contribution in [0.3, 0.4) is 0 Å². The van der Waals surface area contributed by atoms with Crippen molar-refractivity contribution < 1.29 is 9.50 Å². The summed E-state index contributed by atoms with van der Waals surface area (Å²) in [4.78, 5) is 0. The molecule has 0 heterocycles. The third-order valence-electron chi connectivity index (χ3n) is 2.84. The predicted octanol–water partition coefficient (Wildman–Crippen LogP) is 4.43. The predicted molar refractivity (Wildman–Crippen MR) is 65.1 cm³/mol. The standard InChI is InChI=1S/C14H21FO/c1-2-3-4-5-6-7-8-12-11-13(15)9-10-14(12)16/h9-11,16H,2-8H2,1H3. The first-order valence-electron chi connectivity index (χ1n) is 6.21. The van der Waals surface area contributed by atoms with E-state index in [2.05, 4.69) is 6.92 Å². The number of rotatable bonds is 7. The molecule has 1 N–H and O–H groups in total. The molecular weight excluding hydrogens is 203 g/mol. The van der Waals surface area contributed by atoms with Crippen molar-refractivity contribution in [3.05, 3.63) is 29.6 Å². The van der Waals surface area contributed by atoms with Crippen LogP contribution in [0.25, 0.3) is 0 Å². The molecule has 0 bridgehead atoms. The molecule has 0 aromatic heterocycles. The fraction of sp³-hybridized carbons (Fsp3) is 0.571. The SMILES string of the molecule is CCCCCCCCc1cc(F)ccc1O. The summed E-state index contributed by atoms with van der Waals surface area (Å²) in [5, 5.41) is 9.51. The Morgan fingerprint density at radius 1 is 1.06 bits per heavy atom. The molecule has 0 unspecified atom stereocenters. The Bertz CT molecular complexity index is 310. The van der Waals surface area contributed by atoms with Gasteiger partial charge in [0.05, 0.1) is 0 Å². The lowest BCUT2D eigenvalue weighted by atomic mass is 10.0. The van der Waals surface area contributed by atoms with Gasteiger partial charge in [-0.2, -0.15) is 0 Å². The molecule has 1 aromatic carbocycles. The number of hydrogen-bond donors (Lipinski definition) is 1. The number of unbranched alkanes of at least 4 members (excludes halogenated alkanes) is 5. The molecule has 90 valence electrons. The number of aryl methyl sites for hydroxylation is 1. The van der Waals surface area contributed by atoms with Crippen LogP contribution in [0.15, 0.2) is 18.2 Å². The highest BCUT2D eigenvalue weighted by Gasteiger charge is 2.02. The normalized spacial score (nSPS) is 10.6. The summed E-state index contributed by atoms with van der Waals surface area (Å²) in [6.45, 7) is 2.20. The lowest BCUT2D eigenvalue weighted by Crippen LogP contribution is -1.88. The maximum atomic E-state index is 12.9. The summed E-state index contributed by atoms with van der Waals surface area (Å²) < 4.78 is 12.9. The molecule has 16 heavy (non-hydrogen) atoms. The van der Waals surface area contributed by atoms with Crippen LogP contribution in [0.4, 0.5) is 4.39 Å². The van der Waals surface area contributed by atoms with E-state index in [0.717, 1.165) is 24.8 Å². The molecule has 1 aromatic rings. The van der Waals surface area contributed by atoms with Gasteiger partial charge in [-0.25, -0.2) is 4.39 Å². The molecule has 0 radical (unpaired) electrons. The number of benzene rings is 1. The first-order valence-corrected chi connectivity index (χ1v) is 6.21. The summed E-state index contributed by atoms with van der Waals surface area (Å²) in [6.07, 6.45) is 8.04. The Morgan fingerprint density at radius 3 is 2.50 bits per heavy atom. The molecule has 0 aliphatic rings. The largest absolute Gasteiger partial charge is 0.508 e. The molecule has 0 saturated carbocycles. The van der Waals surface area contributed by atoms with Crippen molar-refractivity contribution in [2.75, 3.05) is 0 Å². The first-order chi connectivity index (χ1) is 7.74. The van der Waals surface area contributed by atoms with Gasteiger partial charge in [-0.05, 0) is 36.6 Å². The van der Waals surface area contributed by atoms with E-state index in [4.69, 9.17) is 0 Å². The van der Waals surface area contributed by atoms with Crippen LogP contribution in [0.2, 0.25) is 0 Å². The second-order valence-corrected chi connectivity index (χ2v) is 4.29. The summed E-state index contributed by atoms with van der Waals surface area (Å²) >= 11 is 0. The molecule has 0 atom stereocenters. The topological polar surface area (TPSA) is 20.2 Å². The van der Waals surface area contributed by atoms with E-state index in [1.807, 2.05) is 0 Å². The maximum Gasteiger partial charge on any atom is 0.123 e. The zero-order valence-electron chi connectivity index (χ0n) is 10.0. The Kier molecular flexibility index (Phi) is 5.91. The van der Waals surface area contributed by atoms with Crippen molar-refractivity contribution in [3.8, 4) is 5.75 Å². The second-order valence-electron chi connectivity index (χ2n) is 4.29. The minimum Gasteiger partial charge on any atom is -0.508 e. The number of halogens is 1. The van der Waals surface area contributed by atoms with Gasteiger partial charge >= 0.3 is 0 Å². The van der Waals surface area contributed by atoms with Crippen LogP contribution in [-0.2, 0) is 6.42 Å². The van der Waals surface area contributed by atoms with E-state index in [0.29, 0.717) is 0 Å². The van der Waals surface area contributed by atoms with Crippen molar-refractivity contribution >= 4 is 0 Å². The zero-order valence-corrected chi connectivity index (χ0v) is 10.0. The molecule has 0 saturated heterocycles. The zero-order chi connectivity index (χ0) is 11.8. The molecule has 2 heteroatoms. The van der Waals surface area contributed by atoms with Gasteiger partial charge in [-0.1, -0.05) is 39.0 Å². The van der Waals surface area contributed by atoms with Crippen LogP contribution >= 0.6 is 0 Å². The molecule has 0 aliphatic heterocycles. The van der Waals surface area contributed by atoms with Gasteiger partial charge in [0.2, 0.25) is 0 Å². The van der Waals surface area contributed by atoms with Crippen molar-refractivity contribution in [2.45, 2.75) is 51.9 Å². The van der Waals surface area contributed by atoms with Crippen molar-refractivity contribution in [1.29, 1.82) is 0 Å². The highest BCUT2D eigenvalue weighted by Crippen LogP contribution is 2.20. The summed E-state index contributed by atoms with van der Waals surface area (Å²) in [7, 11) is 0. The Labute approximate surface area is 97.3 Å². The number of phenols is 1. The molecule has 0 amide bonds. The molecule has 1 rings (SSSR count). The Hall–Kier alpha value is -1.05. The summed E-state index contributed by atoms with van der Waals surface area (Å²) in [6, 6.07) is 4.16. The number of aromatic hydroxyl groups is 1. The smallest absolute Gasteiger partial charge is 0.123 e. The third-order valence-corrected chi connectivity index (χ3v) is 2.84. The van der Waals surface area contributed by atoms with Gasteiger partial charge in [-0.3, -0.25) is 0 Å². The van der Waals surface area contributed by atoms with E-state index in [1.54, 1.807) is 0 Å². The fourth-order valence-corrected chi connectivity index (χ4v) is 1.85. The summed E-state index contributed by atoms with van der Waals surface area (Å²) in [5.41, 5.74) is 0.732. The van der Waals surface area contributed by atoms with Gasteiger partial charge in [-0.15, -0.1) is 0 Å². The highest BCUT2D eigenvalue weighted by atomic mass is 19.1. The minimum atomic E-state index is -0.265. The first kappa shape index (κ1) is 13.0. The van der Waals surface area contributed by atoms with Crippen LogP contribution < -0.4 is 0 Å². The minimum absolute atomic E-state index is 0.218. The maximum absolute atomic E-state index is 12.9. The van der Waals surface area contributed by atoms with Crippen LogP contribution in [0, 0.1) is 5.82 Å². The summed E-state index contributed by atoms with van der Waals surface area (Å²) in [5.74, 6) is -0.0475. The van der Waals surface area contributed by atoms with Crippen molar-refractivity contribution in [3.63, 3.8) is 0 Å². The average molecular weight is 224 g/mol. The van der Waals surface area contributed by atoms with Gasteiger partial charge in [0.15, 0.2) is 0 Å². The lowest BCUT2D eigenvalue weighted by molar-refractivity contribution is 0.463. The van der Waals surface area contributed by atoms with E-state index < -0.39 is 0 Å². The molecule has 1 nitrogen and oxygen atoms in total. The monoisotopic (exact) mass is 224 g/mol. The average Bonchev–Trinajstić information content (AvgIpc) is 2.28. The highest BCUT2D eigenvalue weighted by molar-refractivity contribution is 5.32. The van der Waals surface area contributed by atoms with Gasteiger partial charge < -0.3 is 5.11 Å². The molecule has 0 aliphatic carbocycles. The Morgan fingerprint density at radius 2 is 1.75 bits per heavy atom. The third kappa shape index (κ3) is 4.65. The van der Waals surface area contributed by atoms with E-state index in [9.17, 15) is 9.50 Å². The van der Waals surface area contributed by atoms with E-state index in [-0.39, 0.29) is 11.6 Å². The van der Waals surface area contributed by atoms with Crippen LogP contribution in [0.1, 0.15) is 51.0 Å². The van der Waals surface area contributed by atoms with Crippen LogP contribution in [-0.4, -0.2) is 5.11 Å². The fourth-order valence-electron chi connectivity index (χ4n) is 1.85. The van der Waals surface area contributed by atoms with Crippen LogP contribution in [0.5, 0.6) is 5.75 Å². The molecule has 0 spiro atoms. The molecular formula is C14H21FO. The van der Waals surface area contributed by atoms with E-state index in [1.165, 1.54) is 43.9 Å².